The second-order valence-corrected chi connectivity index (χ2v) is 6.82. The minimum Gasteiger partial charge on any atom is -1.00 e. The zero-order chi connectivity index (χ0) is 19.7. The molecule has 4 nitrogen and oxygen atoms in total. The summed E-state index contributed by atoms with van der Waals surface area (Å²) in [6, 6.07) is 19.6. The number of carbonyl (C=O) groups excluding carboxylic acids is 1. The Hall–Kier alpha value is -1.88. The smallest absolute Gasteiger partial charge is 0.348 e. The van der Waals surface area contributed by atoms with E-state index in [-0.39, 0.29) is 18.4 Å². The molecule has 2 aromatic carbocycles. The van der Waals surface area contributed by atoms with Gasteiger partial charge in [-0.25, -0.2) is 4.79 Å². The highest BCUT2D eigenvalue weighted by molar-refractivity contribution is 5.85. The van der Waals surface area contributed by atoms with Crippen LogP contribution in [0.4, 0.5) is 0 Å². The second kappa shape index (κ2) is 11.8. The average molecular weight is 406 g/mol. The number of nitrogens with one attached hydrogen (secondary N) is 1. The first-order chi connectivity index (χ1) is 13.1. The number of benzene rings is 2. The first-order valence-corrected chi connectivity index (χ1v) is 9.78. The van der Waals surface area contributed by atoms with Crippen molar-refractivity contribution >= 4 is 5.97 Å². The summed E-state index contributed by atoms with van der Waals surface area (Å²) in [5.41, 5.74) is 0.279. The molecule has 0 bridgehead atoms. The lowest BCUT2D eigenvalue weighted by Gasteiger charge is -2.31. The molecule has 0 amide bonds. The predicted octanol–water partition coefficient (Wildman–Crippen LogP) is -0.173. The number of carbonyl (C=O) groups is 1. The maximum absolute atomic E-state index is 13.2. The predicted molar refractivity (Wildman–Crippen MR) is 108 cm³/mol. The van der Waals surface area contributed by atoms with E-state index in [1.165, 1.54) is 4.90 Å². The van der Waals surface area contributed by atoms with Crippen LogP contribution >= 0.6 is 0 Å². The van der Waals surface area contributed by atoms with Crippen LogP contribution in [0.15, 0.2) is 60.7 Å². The maximum Gasteiger partial charge on any atom is 0.348 e. The van der Waals surface area contributed by atoms with Gasteiger partial charge in [-0.1, -0.05) is 67.6 Å². The summed E-state index contributed by atoms with van der Waals surface area (Å²) >= 11 is 0. The average Bonchev–Trinajstić information content (AvgIpc) is 2.73. The van der Waals surface area contributed by atoms with Gasteiger partial charge in [-0.15, -0.1) is 0 Å². The molecule has 1 N–H and O–H groups in total. The van der Waals surface area contributed by atoms with E-state index in [0.29, 0.717) is 12.6 Å². The number of hydrogen-bond acceptors (Lipinski definition) is 3. The van der Waals surface area contributed by atoms with Crippen molar-refractivity contribution in [1.82, 2.24) is 0 Å². The molecule has 28 heavy (non-hydrogen) atoms. The Kier molecular flexibility index (Phi) is 10.2. The Morgan fingerprint density at radius 3 is 1.89 bits per heavy atom. The highest BCUT2D eigenvalue weighted by Gasteiger charge is 2.44. The Labute approximate surface area is 175 Å². The Morgan fingerprint density at radius 2 is 1.50 bits per heavy atom. The molecule has 154 valence electrons. The fraction of sp³-hybridized carbons (Fsp3) is 0.435. The third-order valence-electron chi connectivity index (χ3n) is 5.37. The van der Waals surface area contributed by atoms with Crippen LogP contribution < -0.4 is 17.3 Å². The first-order valence-electron chi connectivity index (χ1n) is 9.78. The highest BCUT2D eigenvalue weighted by atomic mass is 35.5. The summed E-state index contributed by atoms with van der Waals surface area (Å²) in [5.74, 6) is -0.373. The van der Waals surface area contributed by atoms with Crippen molar-refractivity contribution < 1.29 is 31.6 Å². The van der Waals surface area contributed by atoms with Gasteiger partial charge in [0, 0.05) is 7.11 Å². The number of quaternary nitrogens is 1. The van der Waals surface area contributed by atoms with Crippen molar-refractivity contribution in [3.63, 3.8) is 0 Å². The number of esters is 1. The fourth-order valence-electron chi connectivity index (χ4n) is 3.50. The third-order valence-corrected chi connectivity index (χ3v) is 5.37. The van der Waals surface area contributed by atoms with Crippen LogP contribution in [0.1, 0.15) is 38.3 Å². The molecule has 0 aliphatic heterocycles. The summed E-state index contributed by atoms with van der Waals surface area (Å²) in [6.45, 7) is 8.76. The molecule has 2 unspecified atom stereocenters. The Balaban J connectivity index is 0.00000392. The van der Waals surface area contributed by atoms with Crippen LogP contribution in [0.25, 0.3) is 0 Å². The van der Waals surface area contributed by atoms with E-state index in [1.807, 2.05) is 60.7 Å². The van der Waals surface area contributed by atoms with Crippen LogP contribution in [-0.4, -0.2) is 38.8 Å². The minimum absolute atomic E-state index is 0. The molecule has 0 aromatic heterocycles. The summed E-state index contributed by atoms with van der Waals surface area (Å²) in [7, 11) is 1.56. The standard InChI is InChI=1S/C23H31NO3.ClH/c1-5-19(3)24(6-2)17-18-27-22(25)23(26-4,20-13-9-7-10-14-20)21-15-11-8-12-16-21;/h7-16,19H,5-6,17-18H2,1-4H3;1H. The summed E-state index contributed by atoms with van der Waals surface area (Å²) in [4.78, 5) is 14.7. The molecule has 0 radical (unpaired) electrons. The summed E-state index contributed by atoms with van der Waals surface area (Å²) in [5, 5.41) is 0. The molecule has 0 heterocycles. The largest absolute Gasteiger partial charge is 1.00 e. The van der Waals surface area contributed by atoms with E-state index in [4.69, 9.17) is 9.47 Å². The highest BCUT2D eigenvalue weighted by Crippen LogP contribution is 2.34. The van der Waals surface area contributed by atoms with Gasteiger partial charge in [0.1, 0.15) is 13.2 Å². The van der Waals surface area contributed by atoms with Gasteiger partial charge in [0.2, 0.25) is 5.60 Å². The van der Waals surface area contributed by atoms with Crippen LogP contribution in [-0.2, 0) is 19.9 Å². The molecule has 0 spiro atoms. The van der Waals surface area contributed by atoms with Crippen molar-refractivity contribution in [2.24, 2.45) is 0 Å². The molecular formula is C23H32ClNO3. The van der Waals surface area contributed by atoms with Gasteiger partial charge in [0.15, 0.2) is 0 Å². The van der Waals surface area contributed by atoms with Crippen molar-refractivity contribution in [1.29, 1.82) is 0 Å². The number of likely N-dealkylation sites (N-methyl/N-ethyl adjacent to an activating group) is 1. The van der Waals surface area contributed by atoms with Gasteiger partial charge in [0.05, 0.1) is 12.6 Å². The fourth-order valence-corrected chi connectivity index (χ4v) is 3.50. The monoisotopic (exact) mass is 405 g/mol. The molecular weight excluding hydrogens is 374 g/mol. The van der Waals surface area contributed by atoms with E-state index < -0.39 is 5.60 Å². The van der Waals surface area contributed by atoms with Crippen molar-refractivity contribution in [3.8, 4) is 0 Å². The second-order valence-electron chi connectivity index (χ2n) is 6.82. The summed E-state index contributed by atoms with van der Waals surface area (Å²) < 4.78 is 11.6. The van der Waals surface area contributed by atoms with E-state index in [9.17, 15) is 4.79 Å². The van der Waals surface area contributed by atoms with E-state index in [1.54, 1.807) is 7.11 Å². The van der Waals surface area contributed by atoms with Gasteiger partial charge in [0.25, 0.3) is 0 Å². The topological polar surface area (TPSA) is 40.0 Å². The van der Waals surface area contributed by atoms with Crippen molar-refractivity contribution in [2.45, 2.75) is 38.8 Å². The van der Waals surface area contributed by atoms with E-state index in [0.717, 1.165) is 30.6 Å². The SMILES string of the molecule is CCC(C)[NH+](CC)CCOC(=O)C(OC)(c1ccccc1)c1ccccc1.[Cl-]. The van der Waals surface area contributed by atoms with Gasteiger partial charge in [-0.05, 0) is 31.4 Å². The molecule has 2 rings (SSSR count). The minimum atomic E-state index is -1.26. The molecule has 0 fully saturated rings. The quantitative estimate of drug-likeness (QED) is 0.558. The zero-order valence-corrected chi connectivity index (χ0v) is 18.0. The Morgan fingerprint density at radius 1 is 1.00 bits per heavy atom. The first kappa shape index (κ1) is 24.2. The normalized spacial score (nSPS) is 13.3. The van der Waals surface area contributed by atoms with E-state index in [2.05, 4.69) is 20.8 Å². The number of rotatable bonds is 10. The van der Waals surface area contributed by atoms with Gasteiger partial charge >= 0.3 is 5.97 Å². The molecule has 2 aromatic rings. The molecule has 0 aliphatic rings. The van der Waals surface area contributed by atoms with Gasteiger partial charge < -0.3 is 26.8 Å². The number of hydrogen-bond donors (Lipinski definition) is 1. The van der Waals surface area contributed by atoms with Crippen LogP contribution in [0.3, 0.4) is 0 Å². The van der Waals surface area contributed by atoms with Gasteiger partial charge in [-0.2, -0.15) is 0 Å². The van der Waals surface area contributed by atoms with Gasteiger partial charge in [-0.3, -0.25) is 0 Å². The lowest BCUT2D eigenvalue weighted by molar-refractivity contribution is -0.922. The molecule has 0 aliphatic carbocycles. The molecule has 0 saturated heterocycles. The number of methoxy groups -OCH3 is 1. The maximum atomic E-state index is 13.2. The van der Waals surface area contributed by atoms with Crippen molar-refractivity contribution in [2.75, 3.05) is 26.8 Å². The Bertz CT molecular complexity index is 654. The van der Waals surface area contributed by atoms with Crippen LogP contribution in [0.5, 0.6) is 0 Å². The van der Waals surface area contributed by atoms with E-state index >= 15 is 0 Å². The van der Waals surface area contributed by atoms with Crippen LogP contribution in [0.2, 0.25) is 0 Å². The number of halogens is 1. The molecule has 0 saturated carbocycles. The third kappa shape index (κ3) is 5.34. The van der Waals surface area contributed by atoms with Crippen molar-refractivity contribution in [3.05, 3.63) is 71.8 Å². The molecule has 2 atom stereocenters. The zero-order valence-electron chi connectivity index (χ0n) is 17.3. The lowest BCUT2D eigenvalue weighted by atomic mass is 9.86. The molecule has 5 heteroatoms. The van der Waals surface area contributed by atoms with Crippen LogP contribution in [0, 0.1) is 0 Å². The lowest BCUT2D eigenvalue weighted by Crippen LogP contribution is -3.15. The summed E-state index contributed by atoms with van der Waals surface area (Å²) in [6.07, 6.45) is 1.10. The number of ether oxygens (including phenoxy) is 2.